The number of carbonyl (C=O) groups is 1. The summed E-state index contributed by atoms with van der Waals surface area (Å²) in [7, 11) is 0. The van der Waals surface area contributed by atoms with Crippen molar-refractivity contribution in [3.05, 3.63) is 24.3 Å². The average molecular weight is 208 g/mol. The molecule has 4 N–H and O–H groups in total. The molecule has 0 saturated carbocycles. The third-order valence-electron chi connectivity index (χ3n) is 2.28. The number of phenols is 1. The maximum absolute atomic E-state index is 11.6. The summed E-state index contributed by atoms with van der Waals surface area (Å²) < 4.78 is 0. The summed E-state index contributed by atoms with van der Waals surface area (Å²) in [5.41, 5.74) is 6.13. The molecule has 1 rings (SSSR count). The van der Waals surface area contributed by atoms with Crippen LogP contribution in [0.2, 0.25) is 0 Å². The summed E-state index contributed by atoms with van der Waals surface area (Å²) >= 11 is 0. The highest BCUT2D eigenvalue weighted by Crippen LogP contribution is 2.14. The van der Waals surface area contributed by atoms with Crippen LogP contribution in [0, 0.1) is 5.92 Å². The number of nitrogens with two attached hydrogens (primary N) is 1. The van der Waals surface area contributed by atoms with E-state index in [1.54, 1.807) is 12.1 Å². The van der Waals surface area contributed by atoms with E-state index >= 15 is 0 Å². The molecule has 1 amide bonds. The Morgan fingerprint density at radius 3 is 2.53 bits per heavy atom. The number of hydrogen-bond acceptors (Lipinski definition) is 3. The van der Waals surface area contributed by atoms with Crippen LogP contribution in [0.15, 0.2) is 24.3 Å². The van der Waals surface area contributed by atoms with Crippen LogP contribution in [-0.2, 0) is 4.79 Å². The highest BCUT2D eigenvalue weighted by molar-refractivity contribution is 5.92. The summed E-state index contributed by atoms with van der Waals surface area (Å²) in [6, 6.07) is 6.35. The summed E-state index contributed by atoms with van der Waals surface area (Å²) in [4.78, 5) is 11.6. The monoisotopic (exact) mass is 208 g/mol. The number of benzene rings is 1. The van der Waals surface area contributed by atoms with E-state index in [0.717, 1.165) is 6.42 Å². The van der Waals surface area contributed by atoms with Crippen molar-refractivity contribution in [3.8, 4) is 5.75 Å². The molecule has 4 nitrogen and oxygen atoms in total. The SMILES string of the molecule is CCC(CN)C(=O)Nc1ccc(O)cc1. The smallest absolute Gasteiger partial charge is 0.228 e. The van der Waals surface area contributed by atoms with Crippen LogP contribution in [0.5, 0.6) is 5.75 Å². The van der Waals surface area contributed by atoms with Crippen LogP contribution in [0.25, 0.3) is 0 Å². The molecule has 0 aromatic heterocycles. The van der Waals surface area contributed by atoms with Gasteiger partial charge in [-0.15, -0.1) is 0 Å². The van der Waals surface area contributed by atoms with Crippen molar-refractivity contribution in [2.24, 2.45) is 11.7 Å². The molecule has 1 unspecified atom stereocenters. The van der Waals surface area contributed by atoms with Crippen LogP contribution in [0.3, 0.4) is 0 Å². The molecule has 0 radical (unpaired) electrons. The third-order valence-corrected chi connectivity index (χ3v) is 2.28. The van der Waals surface area contributed by atoms with E-state index < -0.39 is 0 Å². The van der Waals surface area contributed by atoms with Gasteiger partial charge in [-0.3, -0.25) is 4.79 Å². The van der Waals surface area contributed by atoms with Gasteiger partial charge in [0.2, 0.25) is 5.91 Å². The summed E-state index contributed by atoms with van der Waals surface area (Å²) in [6.45, 7) is 2.27. The fraction of sp³-hybridized carbons (Fsp3) is 0.364. The number of phenolic OH excluding ortho intramolecular Hbond substituents is 1. The van der Waals surface area contributed by atoms with Crippen LogP contribution >= 0.6 is 0 Å². The zero-order valence-electron chi connectivity index (χ0n) is 8.73. The van der Waals surface area contributed by atoms with Crippen LogP contribution in [0.4, 0.5) is 5.69 Å². The van der Waals surface area contributed by atoms with Gasteiger partial charge >= 0.3 is 0 Å². The minimum Gasteiger partial charge on any atom is -0.508 e. The number of carbonyl (C=O) groups excluding carboxylic acids is 1. The Bertz CT molecular complexity index is 318. The second-order valence-electron chi connectivity index (χ2n) is 3.38. The molecule has 82 valence electrons. The number of anilines is 1. The van der Waals surface area contributed by atoms with Crippen molar-refractivity contribution in [1.82, 2.24) is 0 Å². The Hall–Kier alpha value is -1.55. The fourth-order valence-electron chi connectivity index (χ4n) is 1.25. The van der Waals surface area contributed by atoms with Gasteiger partial charge in [0, 0.05) is 12.2 Å². The predicted octanol–water partition coefficient (Wildman–Crippen LogP) is 1.32. The highest BCUT2D eigenvalue weighted by atomic mass is 16.3. The molecule has 1 atom stereocenters. The first kappa shape index (κ1) is 11.5. The van der Waals surface area contributed by atoms with E-state index in [2.05, 4.69) is 5.32 Å². The lowest BCUT2D eigenvalue weighted by atomic mass is 10.1. The van der Waals surface area contributed by atoms with Crippen molar-refractivity contribution < 1.29 is 9.90 Å². The fourth-order valence-corrected chi connectivity index (χ4v) is 1.25. The number of amides is 1. The Kier molecular flexibility index (Phi) is 4.12. The standard InChI is InChI=1S/C11H16N2O2/c1-2-8(7-12)11(15)13-9-3-5-10(14)6-4-9/h3-6,8,14H,2,7,12H2,1H3,(H,13,15). The molecule has 0 saturated heterocycles. The van der Waals surface area contributed by atoms with Gasteiger partial charge < -0.3 is 16.2 Å². The first-order chi connectivity index (χ1) is 7.17. The number of nitrogens with one attached hydrogen (secondary N) is 1. The summed E-state index contributed by atoms with van der Waals surface area (Å²) in [6.07, 6.45) is 0.723. The Labute approximate surface area is 89.1 Å². The van der Waals surface area contributed by atoms with Gasteiger partial charge in [0.15, 0.2) is 0 Å². The first-order valence-corrected chi connectivity index (χ1v) is 4.97. The molecule has 0 spiro atoms. The second kappa shape index (κ2) is 5.36. The van der Waals surface area contributed by atoms with Crippen LogP contribution in [0.1, 0.15) is 13.3 Å². The second-order valence-corrected chi connectivity index (χ2v) is 3.38. The van der Waals surface area contributed by atoms with Gasteiger partial charge in [0.25, 0.3) is 0 Å². The Balaban J connectivity index is 2.61. The predicted molar refractivity (Wildman–Crippen MR) is 59.6 cm³/mol. The molecule has 1 aromatic rings. The summed E-state index contributed by atoms with van der Waals surface area (Å²) in [5.74, 6) is -0.0524. The number of rotatable bonds is 4. The van der Waals surface area contributed by atoms with E-state index in [-0.39, 0.29) is 17.6 Å². The van der Waals surface area contributed by atoms with Crippen molar-refractivity contribution in [1.29, 1.82) is 0 Å². The lowest BCUT2D eigenvalue weighted by molar-refractivity contribution is -0.119. The number of aromatic hydroxyl groups is 1. The maximum Gasteiger partial charge on any atom is 0.228 e. The molecule has 0 aliphatic rings. The van der Waals surface area contributed by atoms with Gasteiger partial charge in [0.1, 0.15) is 5.75 Å². The topological polar surface area (TPSA) is 75.4 Å². The van der Waals surface area contributed by atoms with Crippen molar-refractivity contribution >= 4 is 11.6 Å². The van der Waals surface area contributed by atoms with Gasteiger partial charge in [-0.2, -0.15) is 0 Å². The van der Waals surface area contributed by atoms with Gasteiger partial charge in [-0.25, -0.2) is 0 Å². The van der Waals surface area contributed by atoms with Crippen LogP contribution < -0.4 is 11.1 Å². The third kappa shape index (κ3) is 3.25. The average Bonchev–Trinajstić information content (AvgIpc) is 2.23. The minimum absolute atomic E-state index is 0.0781. The lowest BCUT2D eigenvalue weighted by Crippen LogP contribution is -2.28. The Morgan fingerprint density at radius 1 is 1.47 bits per heavy atom. The van der Waals surface area contributed by atoms with Gasteiger partial charge in [-0.1, -0.05) is 6.92 Å². The molecular weight excluding hydrogens is 192 g/mol. The highest BCUT2D eigenvalue weighted by Gasteiger charge is 2.13. The van der Waals surface area contributed by atoms with Crippen LogP contribution in [-0.4, -0.2) is 17.6 Å². The molecule has 4 heteroatoms. The Morgan fingerprint density at radius 2 is 2.07 bits per heavy atom. The molecule has 0 bridgehead atoms. The molecule has 0 fully saturated rings. The van der Waals surface area contributed by atoms with Crippen molar-refractivity contribution in [3.63, 3.8) is 0 Å². The largest absolute Gasteiger partial charge is 0.508 e. The van der Waals surface area contributed by atoms with Crippen molar-refractivity contribution in [2.45, 2.75) is 13.3 Å². The molecular formula is C11H16N2O2. The van der Waals surface area contributed by atoms with E-state index in [1.807, 2.05) is 6.92 Å². The van der Waals surface area contributed by atoms with E-state index in [0.29, 0.717) is 12.2 Å². The molecule has 15 heavy (non-hydrogen) atoms. The quantitative estimate of drug-likeness (QED) is 0.653. The normalized spacial score (nSPS) is 12.1. The zero-order valence-corrected chi connectivity index (χ0v) is 8.73. The molecule has 1 aromatic carbocycles. The molecule has 0 aliphatic heterocycles. The van der Waals surface area contributed by atoms with Gasteiger partial charge in [0.05, 0.1) is 5.92 Å². The lowest BCUT2D eigenvalue weighted by Gasteiger charge is -2.12. The zero-order chi connectivity index (χ0) is 11.3. The molecule has 0 aliphatic carbocycles. The van der Waals surface area contributed by atoms with Gasteiger partial charge in [-0.05, 0) is 30.7 Å². The van der Waals surface area contributed by atoms with E-state index in [4.69, 9.17) is 10.8 Å². The van der Waals surface area contributed by atoms with E-state index in [1.165, 1.54) is 12.1 Å². The number of hydrogen-bond donors (Lipinski definition) is 3. The maximum atomic E-state index is 11.6. The van der Waals surface area contributed by atoms with E-state index in [9.17, 15) is 4.79 Å². The first-order valence-electron chi connectivity index (χ1n) is 4.97. The summed E-state index contributed by atoms with van der Waals surface area (Å²) in [5, 5.41) is 11.8. The molecule has 0 heterocycles. The minimum atomic E-state index is -0.154. The van der Waals surface area contributed by atoms with Crippen molar-refractivity contribution in [2.75, 3.05) is 11.9 Å².